The van der Waals surface area contributed by atoms with E-state index in [0.717, 1.165) is 15.6 Å². The van der Waals surface area contributed by atoms with Crippen molar-refractivity contribution in [2.75, 3.05) is 0 Å². The minimum Gasteiger partial charge on any atom is -0.227 e. The van der Waals surface area contributed by atoms with Gasteiger partial charge in [0.15, 0.2) is 5.82 Å². The number of nitrogens with zero attached hydrogens (tertiary/aromatic N) is 2. The molecule has 130 valence electrons. The summed E-state index contributed by atoms with van der Waals surface area (Å²) in [7, 11) is -3.79. The lowest BCUT2D eigenvalue weighted by Gasteiger charge is -2.11. The molecule has 0 spiro atoms. The van der Waals surface area contributed by atoms with Crippen LogP contribution >= 0.6 is 15.9 Å². The zero-order valence-electron chi connectivity index (χ0n) is 13.9. The molecule has 3 aromatic carbocycles. The minimum atomic E-state index is -3.79. The van der Waals surface area contributed by atoms with Crippen LogP contribution in [0.25, 0.3) is 22.4 Å². The minimum absolute atomic E-state index is 0.238. The van der Waals surface area contributed by atoms with E-state index >= 15 is 0 Å². The number of rotatable bonds is 3. The molecule has 0 fully saturated rings. The molecule has 0 bridgehead atoms. The molecule has 0 radical (unpaired) electrons. The molecule has 26 heavy (non-hydrogen) atoms. The maximum atomic E-state index is 13.4. The third-order valence-corrected chi connectivity index (χ3v) is 6.38. The predicted molar refractivity (Wildman–Crippen MR) is 107 cm³/mol. The Morgan fingerprint density at radius 1 is 0.923 bits per heavy atom. The maximum absolute atomic E-state index is 13.4. The van der Waals surface area contributed by atoms with Crippen LogP contribution in [0.3, 0.4) is 0 Å². The Morgan fingerprint density at radius 3 is 2.31 bits per heavy atom. The molecular formula is C20H15BrN2O2S. The summed E-state index contributed by atoms with van der Waals surface area (Å²) in [6.45, 7) is 1.93. The Kier molecular flexibility index (Phi) is 4.17. The summed E-state index contributed by atoms with van der Waals surface area (Å²) in [5, 5.41) is 0. The fraction of sp³-hybridized carbons (Fsp3) is 0.0500. The van der Waals surface area contributed by atoms with Gasteiger partial charge in [-0.1, -0.05) is 64.0 Å². The van der Waals surface area contributed by atoms with Gasteiger partial charge in [-0.05, 0) is 37.3 Å². The lowest BCUT2D eigenvalue weighted by molar-refractivity contribution is 0.589. The van der Waals surface area contributed by atoms with Gasteiger partial charge in [0.2, 0.25) is 0 Å². The van der Waals surface area contributed by atoms with Crippen molar-refractivity contribution in [3.63, 3.8) is 0 Å². The number of benzene rings is 3. The molecule has 0 saturated heterocycles. The van der Waals surface area contributed by atoms with E-state index in [1.165, 1.54) is 3.97 Å². The molecule has 0 N–H and O–H groups in total. The van der Waals surface area contributed by atoms with Crippen LogP contribution in [-0.4, -0.2) is 17.4 Å². The quantitative estimate of drug-likeness (QED) is 0.462. The first kappa shape index (κ1) is 17.0. The fourth-order valence-electron chi connectivity index (χ4n) is 2.86. The van der Waals surface area contributed by atoms with Crippen molar-refractivity contribution in [1.29, 1.82) is 0 Å². The van der Waals surface area contributed by atoms with Gasteiger partial charge in [-0.15, -0.1) is 0 Å². The van der Waals surface area contributed by atoms with E-state index in [4.69, 9.17) is 0 Å². The molecule has 0 aliphatic carbocycles. The third-order valence-electron chi connectivity index (χ3n) is 4.17. The van der Waals surface area contributed by atoms with Gasteiger partial charge >= 0.3 is 0 Å². The van der Waals surface area contributed by atoms with Crippen molar-refractivity contribution < 1.29 is 8.42 Å². The summed E-state index contributed by atoms with van der Waals surface area (Å²) >= 11 is 3.43. The van der Waals surface area contributed by atoms with Crippen LogP contribution < -0.4 is 0 Å². The number of hydrogen-bond acceptors (Lipinski definition) is 3. The van der Waals surface area contributed by atoms with E-state index in [2.05, 4.69) is 20.9 Å². The lowest BCUT2D eigenvalue weighted by Crippen LogP contribution is -2.14. The topological polar surface area (TPSA) is 52.0 Å². The van der Waals surface area contributed by atoms with Gasteiger partial charge in [-0.3, -0.25) is 0 Å². The molecule has 4 aromatic rings. The van der Waals surface area contributed by atoms with E-state index in [1.54, 1.807) is 30.3 Å². The molecule has 0 saturated carbocycles. The van der Waals surface area contributed by atoms with Gasteiger partial charge in [0.1, 0.15) is 0 Å². The lowest BCUT2D eigenvalue weighted by atomic mass is 10.2. The van der Waals surface area contributed by atoms with Crippen LogP contribution in [-0.2, 0) is 10.0 Å². The Balaban J connectivity index is 2.06. The molecule has 0 unspecified atom stereocenters. The third kappa shape index (κ3) is 2.85. The largest absolute Gasteiger partial charge is 0.269 e. The van der Waals surface area contributed by atoms with Crippen LogP contribution in [0.5, 0.6) is 0 Å². The Morgan fingerprint density at radius 2 is 1.62 bits per heavy atom. The Hall–Kier alpha value is -2.44. The van der Waals surface area contributed by atoms with Crippen molar-refractivity contribution in [2.45, 2.75) is 11.8 Å². The van der Waals surface area contributed by atoms with E-state index in [-0.39, 0.29) is 4.90 Å². The van der Waals surface area contributed by atoms with Crippen molar-refractivity contribution in [3.8, 4) is 11.4 Å². The number of aromatic nitrogens is 2. The van der Waals surface area contributed by atoms with Gasteiger partial charge < -0.3 is 0 Å². The summed E-state index contributed by atoms with van der Waals surface area (Å²) in [4.78, 5) is 4.85. The van der Waals surface area contributed by atoms with E-state index in [0.29, 0.717) is 16.9 Å². The summed E-state index contributed by atoms with van der Waals surface area (Å²) in [6.07, 6.45) is 0. The zero-order valence-corrected chi connectivity index (χ0v) is 16.3. The fourth-order valence-corrected chi connectivity index (χ4v) is 4.69. The molecule has 0 atom stereocenters. The van der Waals surface area contributed by atoms with Gasteiger partial charge in [-0.2, -0.15) is 0 Å². The second-order valence-corrected chi connectivity index (χ2v) is 8.72. The van der Waals surface area contributed by atoms with Crippen LogP contribution in [0.1, 0.15) is 5.56 Å². The smallest absolute Gasteiger partial charge is 0.227 e. The van der Waals surface area contributed by atoms with Crippen molar-refractivity contribution in [2.24, 2.45) is 0 Å². The molecule has 1 aromatic heterocycles. The maximum Gasteiger partial charge on any atom is 0.269 e. The molecule has 0 amide bonds. The number of fused-ring (bicyclic) bond motifs is 1. The summed E-state index contributed by atoms with van der Waals surface area (Å²) in [5.41, 5.74) is 2.92. The van der Waals surface area contributed by atoms with Crippen molar-refractivity contribution in [1.82, 2.24) is 8.96 Å². The number of hydrogen-bond donors (Lipinski definition) is 0. The number of aryl methyl sites for hydroxylation is 1. The monoisotopic (exact) mass is 426 g/mol. The second kappa shape index (κ2) is 6.37. The summed E-state index contributed by atoms with van der Waals surface area (Å²) < 4.78 is 29.0. The van der Waals surface area contributed by atoms with Crippen LogP contribution in [0.2, 0.25) is 0 Å². The molecule has 6 heteroatoms. The van der Waals surface area contributed by atoms with E-state index in [9.17, 15) is 8.42 Å². The Labute approximate surface area is 160 Å². The van der Waals surface area contributed by atoms with Gasteiger partial charge in [0.05, 0.1) is 15.9 Å². The van der Waals surface area contributed by atoms with E-state index in [1.807, 2.05) is 49.4 Å². The van der Waals surface area contributed by atoms with Crippen molar-refractivity contribution in [3.05, 3.63) is 82.8 Å². The van der Waals surface area contributed by atoms with Gasteiger partial charge in [-0.25, -0.2) is 17.4 Å². The average molecular weight is 427 g/mol. The van der Waals surface area contributed by atoms with E-state index < -0.39 is 10.0 Å². The molecule has 4 nitrogen and oxygen atoms in total. The number of halogens is 1. The van der Waals surface area contributed by atoms with Crippen LogP contribution in [0.4, 0.5) is 0 Å². The Bertz CT molecular complexity index is 1200. The highest BCUT2D eigenvalue weighted by molar-refractivity contribution is 9.10. The molecule has 0 aliphatic rings. The summed E-state index contributed by atoms with van der Waals surface area (Å²) in [5.74, 6) is 0.402. The SMILES string of the molecule is Cc1ccc(S(=O)(=O)n2c(-c3ccccc3)nc3cc(Br)ccc32)cc1. The molecule has 0 aliphatic heterocycles. The average Bonchev–Trinajstić information content (AvgIpc) is 3.02. The van der Waals surface area contributed by atoms with Crippen LogP contribution in [0, 0.1) is 6.92 Å². The predicted octanol–water partition coefficient (Wildman–Crippen LogP) is 5.01. The highest BCUT2D eigenvalue weighted by Gasteiger charge is 2.25. The first-order valence-electron chi connectivity index (χ1n) is 8.02. The first-order valence-corrected chi connectivity index (χ1v) is 10.3. The molecule has 1 heterocycles. The highest BCUT2D eigenvalue weighted by Crippen LogP contribution is 2.30. The van der Waals surface area contributed by atoms with Crippen molar-refractivity contribution >= 4 is 37.0 Å². The normalized spacial score (nSPS) is 11.8. The van der Waals surface area contributed by atoms with Gasteiger partial charge in [0.25, 0.3) is 10.0 Å². The highest BCUT2D eigenvalue weighted by atomic mass is 79.9. The summed E-state index contributed by atoms with van der Waals surface area (Å²) in [6, 6.07) is 21.6. The molecule has 4 rings (SSSR count). The van der Waals surface area contributed by atoms with Crippen LogP contribution in [0.15, 0.2) is 82.2 Å². The number of imidazole rings is 1. The standard InChI is InChI=1S/C20H15BrN2O2S/c1-14-7-10-17(11-8-14)26(24,25)23-19-12-9-16(21)13-18(19)22-20(23)15-5-3-2-4-6-15/h2-13H,1H3. The van der Waals surface area contributed by atoms with Gasteiger partial charge in [0, 0.05) is 10.0 Å². The first-order chi connectivity index (χ1) is 12.5. The zero-order chi connectivity index (χ0) is 18.3. The molecular weight excluding hydrogens is 412 g/mol. The second-order valence-electron chi connectivity index (χ2n) is 6.02.